The zero-order chi connectivity index (χ0) is 25.5. The van der Waals surface area contributed by atoms with E-state index in [1.54, 1.807) is 11.3 Å². The average Bonchev–Trinajstić information content (AvgIpc) is 3.58. The number of ether oxygens (including phenoxy) is 2. The van der Waals surface area contributed by atoms with Crippen molar-refractivity contribution in [1.82, 2.24) is 24.5 Å². The lowest BCUT2D eigenvalue weighted by atomic mass is 9.86. The third-order valence-electron chi connectivity index (χ3n) is 7.31. The fraction of sp³-hybridized carbons (Fsp3) is 0.345. The van der Waals surface area contributed by atoms with Crippen LogP contribution in [0.4, 0.5) is 0 Å². The van der Waals surface area contributed by atoms with Gasteiger partial charge in [0.1, 0.15) is 10.6 Å². The van der Waals surface area contributed by atoms with E-state index in [4.69, 9.17) is 14.5 Å². The van der Waals surface area contributed by atoms with Crippen molar-refractivity contribution in [2.24, 2.45) is 13.0 Å². The van der Waals surface area contributed by atoms with Crippen molar-refractivity contribution < 1.29 is 9.47 Å². The molecule has 8 heteroatoms. The molecule has 5 aromatic rings. The Labute approximate surface area is 220 Å². The molecule has 0 aliphatic carbocycles. The summed E-state index contributed by atoms with van der Waals surface area (Å²) in [6.07, 6.45) is 3.98. The quantitative estimate of drug-likeness (QED) is 0.236. The molecule has 190 valence electrons. The molecule has 6 rings (SSSR count). The number of aromatic nitrogens is 5. The monoisotopic (exact) mass is 513 g/mol. The Balaban J connectivity index is 1.64. The molecule has 1 fully saturated rings. The van der Waals surface area contributed by atoms with Gasteiger partial charge in [-0.1, -0.05) is 42.1 Å². The number of pyridine rings is 1. The summed E-state index contributed by atoms with van der Waals surface area (Å²) < 4.78 is 15.9. The molecule has 1 unspecified atom stereocenters. The van der Waals surface area contributed by atoms with Gasteiger partial charge in [0.15, 0.2) is 0 Å². The van der Waals surface area contributed by atoms with Crippen molar-refractivity contribution in [3.05, 3.63) is 71.4 Å². The highest BCUT2D eigenvalue weighted by Crippen LogP contribution is 2.44. The van der Waals surface area contributed by atoms with Crippen LogP contribution >= 0.6 is 11.3 Å². The standard InChI is InChI=1S/C29H31N5O2S/c1-5-36-19(3)25-16-23-26-24(15-22(17-30-26)27-18(2)31-32-33(27)4)34(29(23)37-25)28(20-9-7-6-8-10-20)21-11-13-35-14-12-21/h6-10,15-17,21,28H,3,5,11-14H2,1-2,4H3. The van der Waals surface area contributed by atoms with Gasteiger partial charge in [0.05, 0.1) is 39.9 Å². The van der Waals surface area contributed by atoms with Gasteiger partial charge in [-0.3, -0.25) is 4.98 Å². The highest BCUT2D eigenvalue weighted by molar-refractivity contribution is 7.19. The Bertz CT molecular complexity index is 1560. The third-order valence-corrected chi connectivity index (χ3v) is 8.48. The number of benzene rings is 1. The van der Waals surface area contributed by atoms with E-state index in [9.17, 15) is 0 Å². The first-order valence-electron chi connectivity index (χ1n) is 12.8. The van der Waals surface area contributed by atoms with Crippen LogP contribution in [0.25, 0.3) is 38.3 Å². The van der Waals surface area contributed by atoms with E-state index in [2.05, 4.69) is 63.9 Å². The molecule has 1 aliphatic heterocycles. The molecule has 1 atom stereocenters. The van der Waals surface area contributed by atoms with Crippen molar-refractivity contribution in [2.75, 3.05) is 19.8 Å². The van der Waals surface area contributed by atoms with E-state index in [-0.39, 0.29) is 6.04 Å². The van der Waals surface area contributed by atoms with Gasteiger partial charge in [-0.2, -0.15) is 0 Å². The van der Waals surface area contributed by atoms with Gasteiger partial charge in [0.2, 0.25) is 0 Å². The number of hydrogen-bond acceptors (Lipinski definition) is 6. The minimum absolute atomic E-state index is 0.153. The fourth-order valence-electron chi connectivity index (χ4n) is 5.64. The summed E-state index contributed by atoms with van der Waals surface area (Å²) in [7, 11) is 1.93. The van der Waals surface area contributed by atoms with Crippen LogP contribution < -0.4 is 0 Å². The number of hydrogen-bond donors (Lipinski definition) is 0. The topological polar surface area (TPSA) is 67.0 Å². The molecule has 1 aliphatic rings. The van der Waals surface area contributed by atoms with E-state index < -0.39 is 0 Å². The molecule has 0 amide bonds. The SMILES string of the molecule is C=C(OCC)c1cc2c3ncc(-c4c(C)nnn4C)cc3n(C(c3ccccc3)C3CCOCC3)c2s1. The molecule has 1 saturated heterocycles. The minimum Gasteiger partial charge on any atom is -0.493 e. The number of aryl methyl sites for hydroxylation is 2. The van der Waals surface area contributed by atoms with Crippen LogP contribution in [0.1, 0.15) is 41.9 Å². The summed E-state index contributed by atoms with van der Waals surface area (Å²) in [5, 5.41) is 9.64. The summed E-state index contributed by atoms with van der Waals surface area (Å²) in [5.74, 6) is 1.15. The molecule has 1 aromatic carbocycles. The molecule has 0 radical (unpaired) electrons. The van der Waals surface area contributed by atoms with Crippen LogP contribution in [0.15, 0.2) is 55.2 Å². The van der Waals surface area contributed by atoms with Crippen molar-refractivity contribution >= 4 is 38.3 Å². The Hall–Kier alpha value is -3.49. The molecule has 0 saturated carbocycles. The van der Waals surface area contributed by atoms with Gasteiger partial charge in [-0.15, -0.1) is 16.4 Å². The highest BCUT2D eigenvalue weighted by Gasteiger charge is 2.31. The van der Waals surface area contributed by atoms with E-state index in [0.29, 0.717) is 18.3 Å². The summed E-state index contributed by atoms with van der Waals surface area (Å²) in [5.41, 5.74) is 6.30. The number of fused-ring (bicyclic) bond motifs is 3. The maximum Gasteiger partial charge on any atom is 0.129 e. The zero-order valence-electron chi connectivity index (χ0n) is 21.5. The van der Waals surface area contributed by atoms with Gasteiger partial charge < -0.3 is 14.0 Å². The first kappa shape index (κ1) is 23.9. The largest absolute Gasteiger partial charge is 0.493 e. The average molecular weight is 514 g/mol. The molecule has 37 heavy (non-hydrogen) atoms. The molecule has 0 spiro atoms. The molecule has 4 aromatic heterocycles. The third kappa shape index (κ3) is 4.14. The summed E-state index contributed by atoms with van der Waals surface area (Å²) in [4.78, 5) is 7.26. The summed E-state index contributed by atoms with van der Waals surface area (Å²) in [6, 6.07) is 15.4. The first-order chi connectivity index (χ1) is 18.1. The van der Waals surface area contributed by atoms with Gasteiger partial charge >= 0.3 is 0 Å². The smallest absolute Gasteiger partial charge is 0.129 e. The predicted octanol–water partition coefficient (Wildman–Crippen LogP) is 6.38. The zero-order valence-corrected chi connectivity index (χ0v) is 22.3. The normalized spacial score (nSPS) is 15.4. The van der Waals surface area contributed by atoms with Crippen LogP contribution in [0.3, 0.4) is 0 Å². The number of nitrogens with zero attached hydrogens (tertiary/aromatic N) is 5. The molecular formula is C29H31N5O2S. The van der Waals surface area contributed by atoms with Gasteiger partial charge in [0, 0.05) is 37.4 Å². The van der Waals surface area contributed by atoms with E-state index >= 15 is 0 Å². The second-order valence-corrected chi connectivity index (χ2v) is 10.6. The number of thiophene rings is 1. The first-order valence-corrected chi connectivity index (χ1v) is 13.6. The highest BCUT2D eigenvalue weighted by atomic mass is 32.1. The minimum atomic E-state index is 0.153. The Morgan fingerprint density at radius 1 is 1.22 bits per heavy atom. The maximum absolute atomic E-state index is 5.79. The van der Waals surface area contributed by atoms with E-state index in [0.717, 1.165) is 64.3 Å². The van der Waals surface area contributed by atoms with Crippen LogP contribution in [-0.2, 0) is 16.5 Å². The van der Waals surface area contributed by atoms with Crippen molar-refractivity contribution in [1.29, 1.82) is 0 Å². The van der Waals surface area contributed by atoms with Gasteiger partial charge in [-0.05, 0) is 50.3 Å². The van der Waals surface area contributed by atoms with Crippen LogP contribution in [0.5, 0.6) is 0 Å². The summed E-state index contributed by atoms with van der Waals surface area (Å²) >= 11 is 1.73. The Morgan fingerprint density at radius 3 is 2.70 bits per heavy atom. The maximum atomic E-state index is 5.79. The fourth-order valence-corrected chi connectivity index (χ4v) is 6.78. The van der Waals surface area contributed by atoms with Crippen molar-refractivity contribution in [3.8, 4) is 11.3 Å². The molecule has 7 nitrogen and oxygen atoms in total. The van der Waals surface area contributed by atoms with E-state index in [1.165, 1.54) is 10.4 Å². The summed E-state index contributed by atoms with van der Waals surface area (Å²) in [6.45, 7) is 10.3. The van der Waals surface area contributed by atoms with Crippen molar-refractivity contribution in [3.63, 3.8) is 0 Å². The van der Waals surface area contributed by atoms with Gasteiger partial charge in [0.25, 0.3) is 0 Å². The van der Waals surface area contributed by atoms with Crippen LogP contribution in [0, 0.1) is 12.8 Å². The van der Waals surface area contributed by atoms with E-state index in [1.807, 2.05) is 31.8 Å². The second kappa shape index (κ2) is 9.76. The van der Waals surface area contributed by atoms with Gasteiger partial charge in [-0.25, -0.2) is 4.68 Å². The van der Waals surface area contributed by atoms with Crippen LogP contribution in [0.2, 0.25) is 0 Å². The van der Waals surface area contributed by atoms with Crippen LogP contribution in [-0.4, -0.2) is 44.4 Å². The Morgan fingerprint density at radius 2 is 2.00 bits per heavy atom. The molecule has 0 N–H and O–H groups in total. The molecule has 0 bridgehead atoms. The lowest BCUT2D eigenvalue weighted by Crippen LogP contribution is -2.26. The lowest BCUT2D eigenvalue weighted by molar-refractivity contribution is 0.0553. The lowest BCUT2D eigenvalue weighted by Gasteiger charge is -2.32. The second-order valence-electron chi connectivity index (χ2n) is 9.60. The Kier molecular flexibility index (Phi) is 6.30. The van der Waals surface area contributed by atoms with Crippen molar-refractivity contribution in [2.45, 2.75) is 32.7 Å². The number of rotatable bonds is 7. The molecular weight excluding hydrogens is 482 g/mol. The molecule has 5 heterocycles. The predicted molar refractivity (Wildman–Crippen MR) is 149 cm³/mol.